The number of ether oxygens (including phenoxy) is 1. The second kappa shape index (κ2) is 10.3. The summed E-state index contributed by atoms with van der Waals surface area (Å²) < 4.78 is 6.16. The van der Waals surface area contributed by atoms with Gasteiger partial charge in [-0.15, -0.1) is 0 Å². The number of amides is 1. The van der Waals surface area contributed by atoms with Gasteiger partial charge in [0.25, 0.3) is 5.91 Å². The zero-order chi connectivity index (χ0) is 23.2. The van der Waals surface area contributed by atoms with Crippen molar-refractivity contribution in [1.29, 1.82) is 0 Å². The lowest BCUT2D eigenvalue weighted by molar-refractivity contribution is 0.102. The molecule has 168 valence electrons. The first-order valence-electron chi connectivity index (χ1n) is 11.3. The van der Waals surface area contributed by atoms with E-state index in [-0.39, 0.29) is 12.0 Å². The van der Waals surface area contributed by atoms with Gasteiger partial charge in [0.15, 0.2) is 0 Å². The third-order valence-corrected chi connectivity index (χ3v) is 6.07. The van der Waals surface area contributed by atoms with Crippen LogP contribution in [-0.4, -0.2) is 37.0 Å². The number of nitrogens with one attached hydrogen (secondary N) is 1. The highest BCUT2D eigenvalue weighted by Gasteiger charge is 2.18. The minimum absolute atomic E-state index is 0.160. The zero-order valence-corrected chi connectivity index (χ0v) is 19.1. The van der Waals surface area contributed by atoms with Crippen molar-refractivity contribution in [1.82, 2.24) is 4.90 Å². The van der Waals surface area contributed by atoms with E-state index in [1.165, 1.54) is 0 Å². The minimum atomic E-state index is -0.160. The molecule has 4 nitrogen and oxygen atoms in total. The summed E-state index contributed by atoms with van der Waals surface area (Å²) in [7, 11) is 2.15. The molecule has 0 saturated carbocycles. The monoisotopic (exact) mass is 438 g/mol. The van der Waals surface area contributed by atoms with E-state index in [2.05, 4.69) is 42.6 Å². The molecule has 0 atom stereocenters. The molecule has 4 heteroatoms. The van der Waals surface area contributed by atoms with Crippen LogP contribution in [-0.2, 0) is 0 Å². The van der Waals surface area contributed by atoms with Crippen LogP contribution in [0.25, 0.3) is 23.3 Å². The van der Waals surface area contributed by atoms with Crippen molar-refractivity contribution in [2.24, 2.45) is 0 Å². The molecule has 4 rings (SSSR count). The molecule has 0 spiro atoms. The van der Waals surface area contributed by atoms with Crippen molar-refractivity contribution in [3.63, 3.8) is 0 Å². The molecule has 1 N–H and O–H groups in total. The van der Waals surface area contributed by atoms with Gasteiger partial charge in [-0.05, 0) is 78.5 Å². The predicted octanol–water partition coefficient (Wildman–Crippen LogP) is 6.36. The van der Waals surface area contributed by atoms with Crippen LogP contribution < -0.4 is 10.1 Å². The number of likely N-dealkylation sites (tertiary alicyclic amines) is 1. The summed E-state index contributed by atoms with van der Waals surface area (Å²) in [5, 5.41) is 3.00. The summed E-state index contributed by atoms with van der Waals surface area (Å²) in [6.07, 6.45) is 5.89. The number of hydrogen-bond donors (Lipinski definition) is 1. The smallest absolute Gasteiger partial charge is 0.255 e. The standard InChI is InChI=1S/C29H30N2O2/c1-4-21-9-10-25(19-22(21)5-2)29(32)30-26-8-6-7-24(20-26)23-11-13-27(14-12-23)33-28-15-17-31(3)18-16-28/h4-14,19-20,28H,1-2,15-18H2,3H3,(H,30,32). The molecule has 1 aliphatic rings. The minimum Gasteiger partial charge on any atom is -0.490 e. The van der Waals surface area contributed by atoms with Crippen LogP contribution in [0.5, 0.6) is 5.75 Å². The number of piperidine rings is 1. The third kappa shape index (κ3) is 5.60. The molecule has 1 fully saturated rings. The lowest BCUT2D eigenvalue weighted by atomic mass is 10.0. The van der Waals surface area contributed by atoms with Crippen molar-refractivity contribution in [3.8, 4) is 16.9 Å². The Morgan fingerprint density at radius 2 is 1.67 bits per heavy atom. The largest absolute Gasteiger partial charge is 0.490 e. The van der Waals surface area contributed by atoms with Gasteiger partial charge in [-0.3, -0.25) is 4.79 Å². The van der Waals surface area contributed by atoms with E-state index in [0.29, 0.717) is 5.56 Å². The Kier molecular flexibility index (Phi) is 7.06. The Hall–Kier alpha value is -3.63. The molecular formula is C29H30N2O2. The average molecular weight is 439 g/mol. The van der Waals surface area contributed by atoms with Gasteiger partial charge in [-0.1, -0.05) is 55.6 Å². The van der Waals surface area contributed by atoms with Gasteiger partial charge in [-0.2, -0.15) is 0 Å². The number of carbonyl (C=O) groups excluding carboxylic acids is 1. The van der Waals surface area contributed by atoms with E-state index in [0.717, 1.165) is 59.6 Å². The molecule has 1 saturated heterocycles. The molecule has 0 radical (unpaired) electrons. The number of carbonyl (C=O) groups is 1. The van der Waals surface area contributed by atoms with Gasteiger partial charge in [0.1, 0.15) is 11.9 Å². The summed E-state index contributed by atoms with van der Waals surface area (Å²) in [5.41, 5.74) is 5.27. The van der Waals surface area contributed by atoms with Crippen molar-refractivity contribution in [3.05, 3.63) is 96.6 Å². The zero-order valence-electron chi connectivity index (χ0n) is 19.1. The highest BCUT2D eigenvalue weighted by molar-refractivity contribution is 6.05. The Morgan fingerprint density at radius 3 is 2.36 bits per heavy atom. The number of anilines is 1. The van der Waals surface area contributed by atoms with Crippen LogP contribution in [0.2, 0.25) is 0 Å². The molecule has 33 heavy (non-hydrogen) atoms. The van der Waals surface area contributed by atoms with Crippen LogP contribution in [0.15, 0.2) is 79.9 Å². The first-order chi connectivity index (χ1) is 16.1. The predicted molar refractivity (Wildman–Crippen MR) is 138 cm³/mol. The molecule has 3 aromatic carbocycles. The van der Waals surface area contributed by atoms with Gasteiger partial charge in [-0.25, -0.2) is 0 Å². The van der Waals surface area contributed by atoms with Crippen molar-refractivity contribution >= 4 is 23.7 Å². The number of rotatable bonds is 7. The van der Waals surface area contributed by atoms with Gasteiger partial charge < -0.3 is 15.0 Å². The van der Waals surface area contributed by atoms with Gasteiger partial charge in [0.2, 0.25) is 0 Å². The second-order valence-corrected chi connectivity index (χ2v) is 8.43. The summed E-state index contributed by atoms with van der Waals surface area (Å²) in [6, 6.07) is 21.5. The van der Waals surface area contributed by atoms with Crippen molar-refractivity contribution < 1.29 is 9.53 Å². The summed E-state index contributed by atoms with van der Waals surface area (Å²) >= 11 is 0. The van der Waals surface area contributed by atoms with E-state index in [1.807, 2.05) is 48.5 Å². The Morgan fingerprint density at radius 1 is 0.939 bits per heavy atom. The normalized spacial score (nSPS) is 14.5. The van der Waals surface area contributed by atoms with Crippen LogP contribution >= 0.6 is 0 Å². The van der Waals surface area contributed by atoms with Crippen LogP contribution in [0.4, 0.5) is 5.69 Å². The Balaban J connectivity index is 1.44. The number of hydrogen-bond acceptors (Lipinski definition) is 3. The molecule has 1 aliphatic heterocycles. The van der Waals surface area contributed by atoms with E-state index in [9.17, 15) is 4.79 Å². The van der Waals surface area contributed by atoms with E-state index < -0.39 is 0 Å². The second-order valence-electron chi connectivity index (χ2n) is 8.43. The highest BCUT2D eigenvalue weighted by Crippen LogP contribution is 2.27. The van der Waals surface area contributed by atoms with E-state index in [4.69, 9.17) is 4.74 Å². The topological polar surface area (TPSA) is 41.6 Å². The summed E-state index contributed by atoms with van der Waals surface area (Å²) in [5.74, 6) is 0.742. The van der Waals surface area contributed by atoms with E-state index in [1.54, 1.807) is 18.2 Å². The fourth-order valence-electron chi connectivity index (χ4n) is 4.08. The lowest BCUT2D eigenvalue weighted by Gasteiger charge is -2.29. The molecule has 0 bridgehead atoms. The van der Waals surface area contributed by atoms with Crippen LogP contribution in [0, 0.1) is 0 Å². The summed E-state index contributed by atoms with van der Waals surface area (Å²) in [4.78, 5) is 15.1. The van der Waals surface area contributed by atoms with Gasteiger partial charge >= 0.3 is 0 Å². The highest BCUT2D eigenvalue weighted by atomic mass is 16.5. The van der Waals surface area contributed by atoms with Gasteiger partial charge in [0.05, 0.1) is 0 Å². The first-order valence-corrected chi connectivity index (χ1v) is 11.3. The molecule has 1 heterocycles. The quantitative estimate of drug-likeness (QED) is 0.466. The maximum Gasteiger partial charge on any atom is 0.255 e. The average Bonchev–Trinajstić information content (AvgIpc) is 2.85. The Labute approximate surface area is 196 Å². The van der Waals surface area contributed by atoms with Gasteiger partial charge in [0, 0.05) is 24.3 Å². The van der Waals surface area contributed by atoms with Crippen molar-refractivity contribution in [2.45, 2.75) is 18.9 Å². The molecular weight excluding hydrogens is 408 g/mol. The fourth-order valence-corrected chi connectivity index (χ4v) is 4.08. The third-order valence-electron chi connectivity index (χ3n) is 6.07. The number of benzene rings is 3. The maximum absolute atomic E-state index is 12.8. The van der Waals surface area contributed by atoms with E-state index >= 15 is 0 Å². The SMILES string of the molecule is C=Cc1ccc(C(=O)Nc2cccc(-c3ccc(OC4CCN(C)CC4)cc3)c2)cc1C=C. The molecule has 3 aromatic rings. The molecule has 0 aliphatic carbocycles. The number of nitrogens with zero attached hydrogens (tertiary/aromatic N) is 1. The first kappa shape index (κ1) is 22.6. The molecule has 0 unspecified atom stereocenters. The lowest BCUT2D eigenvalue weighted by Crippen LogP contribution is -2.35. The fraction of sp³-hybridized carbons (Fsp3) is 0.207. The van der Waals surface area contributed by atoms with Crippen molar-refractivity contribution in [2.75, 3.05) is 25.5 Å². The van der Waals surface area contributed by atoms with Crippen LogP contribution in [0.1, 0.15) is 34.3 Å². The van der Waals surface area contributed by atoms with Crippen LogP contribution in [0.3, 0.4) is 0 Å². The molecule has 0 aromatic heterocycles. The summed E-state index contributed by atoms with van der Waals surface area (Å²) in [6.45, 7) is 9.78. The maximum atomic E-state index is 12.8. The molecule has 1 amide bonds. The Bertz CT molecular complexity index is 1140.